The maximum atomic E-state index is 12.6. The van der Waals surface area contributed by atoms with E-state index in [2.05, 4.69) is 27.3 Å². The number of aromatic nitrogens is 1. The highest BCUT2D eigenvalue weighted by Crippen LogP contribution is 2.39. The largest absolute Gasteiger partial charge is 0.464 e. The van der Waals surface area contributed by atoms with Gasteiger partial charge >= 0.3 is 0 Å². The number of carbonyl (C=O) groups excluding carboxylic acids is 1. The number of carbonyl (C=O) groups is 1. The van der Waals surface area contributed by atoms with Crippen LogP contribution in [0.5, 0.6) is 0 Å². The van der Waals surface area contributed by atoms with Crippen LogP contribution in [0.1, 0.15) is 41.6 Å². The first kappa shape index (κ1) is 20.9. The molecule has 2 aliphatic rings. The third kappa shape index (κ3) is 4.76. The molecule has 166 valence electrons. The van der Waals surface area contributed by atoms with Crippen LogP contribution in [0, 0.1) is 0 Å². The second-order valence-electron chi connectivity index (χ2n) is 8.86. The van der Waals surface area contributed by atoms with E-state index in [0.29, 0.717) is 12.1 Å². The third-order valence-corrected chi connectivity index (χ3v) is 6.70. The van der Waals surface area contributed by atoms with E-state index < -0.39 is 0 Å². The Bertz CT molecular complexity index is 1010. The van der Waals surface area contributed by atoms with Crippen molar-refractivity contribution in [1.29, 1.82) is 0 Å². The van der Waals surface area contributed by atoms with Crippen molar-refractivity contribution in [1.82, 2.24) is 15.2 Å². The highest BCUT2D eigenvalue weighted by atomic mass is 16.5. The number of likely N-dealkylation sites (tertiary alicyclic amines) is 1. The summed E-state index contributed by atoms with van der Waals surface area (Å²) >= 11 is 0. The van der Waals surface area contributed by atoms with E-state index in [4.69, 9.17) is 9.15 Å². The molecule has 0 bridgehead atoms. The third-order valence-electron chi connectivity index (χ3n) is 6.70. The fraction of sp³-hybridized carbons (Fsp3) is 0.385. The predicted octanol–water partition coefficient (Wildman–Crippen LogP) is 4.29. The van der Waals surface area contributed by atoms with Gasteiger partial charge in [0.1, 0.15) is 5.76 Å². The maximum absolute atomic E-state index is 12.6. The highest BCUT2D eigenvalue weighted by molar-refractivity contribution is 5.94. The number of rotatable bonds is 6. The molecule has 5 rings (SSSR count). The number of pyridine rings is 1. The second kappa shape index (κ2) is 9.27. The molecule has 3 aromatic rings. The van der Waals surface area contributed by atoms with E-state index in [9.17, 15) is 4.79 Å². The molecule has 2 saturated heterocycles. The minimum Gasteiger partial charge on any atom is -0.464 e. The van der Waals surface area contributed by atoms with Crippen molar-refractivity contribution in [2.24, 2.45) is 0 Å². The molecule has 2 aromatic heterocycles. The topological polar surface area (TPSA) is 67.6 Å². The molecule has 1 N–H and O–H groups in total. The Balaban J connectivity index is 1.08. The fourth-order valence-electron chi connectivity index (χ4n) is 4.81. The summed E-state index contributed by atoms with van der Waals surface area (Å²) in [5.74, 6) is 0.737. The average Bonchev–Trinajstić information content (AvgIpc) is 3.51. The first-order valence-corrected chi connectivity index (χ1v) is 11.4. The van der Waals surface area contributed by atoms with Gasteiger partial charge in [-0.1, -0.05) is 12.1 Å². The molecule has 2 aliphatic heterocycles. The van der Waals surface area contributed by atoms with E-state index in [0.717, 1.165) is 56.6 Å². The van der Waals surface area contributed by atoms with Crippen LogP contribution >= 0.6 is 0 Å². The zero-order chi connectivity index (χ0) is 21.8. The molecule has 1 atom stereocenters. The Morgan fingerprint density at radius 1 is 1.06 bits per heavy atom. The van der Waals surface area contributed by atoms with Gasteiger partial charge < -0.3 is 14.5 Å². The minimum absolute atomic E-state index is 0.0190. The van der Waals surface area contributed by atoms with Crippen molar-refractivity contribution in [3.05, 3.63) is 78.3 Å². The summed E-state index contributed by atoms with van der Waals surface area (Å²) < 4.78 is 11.9. The second-order valence-corrected chi connectivity index (χ2v) is 8.86. The van der Waals surface area contributed by atoms with Gasteiger partial charge in [0.2, 0.25) is 0 Å². The lowest BCUT2D eigenvalue weighted by molar-refractivity contribution is -0.0764. The van der Waals surface area contributed by atoms with Crippen molar-refractivity contribution >= 4 is 5.91 Å². The number of benzene rings is 1. The predicted molar refractivity (Wildman–Crippen MR) is 122 cm³/mol. The van der Waals surface area contributed by atoms with Crippen LogP contribution in [-0.4, -0.2) is 47.1 Å². The fourth-order valence-corrected chi connectivity index (χ4v) is 4.81. The first-order valence-electron chi connectivity index (χ1n) is 11.4. The van der Waals surface area contributed by atoms with Gasteiger partial charge in [-0.3, -0.25) is 14.7 Å². The zero-order valence-corrected chi connectivity index (χ0v) is 18.2. The van der Waals surface area contributed by atoms with Gasteiger partial charge in [0.05, 0.1) is 18.0 Å². The van der Waals surface area contributed by atoms with Gasteiger partial charge in [0, 0.05) is 49.7 Å². The van der Waals surface area contributed by atoms with Crippen molar-refractivity contribution in [3.63, 3.8) is 0 Å². The lowest BCUT2D eigenvalue weighted by Crippen LogP contribution is -2.44. The number of hydrogen-bond donors (Lipinski definition) is 1. The standard InChI is InChI=1S/C26H29N3O3/c30-25(22-5-3-21(4-6-22)24-2-1-17-31-24)28-18-23-7-10-26(32-23)11-15-29(16-12-26)19-20-8-13-27-14-9-20/h1-6,8-9,13-14,17,23H,7,10-12,15-16,18-19H2,(H,28,30). The summed E-state index contributed by atoms with van der Waals surface area (Å²) in [7, 11) is 0. The molecule has 1 unspecified atom stereocenters. The minimum atomic E-state index is -0.0623. The van der Waals surface area contributed by atoms with Crippen molar-refractivity contribution in [2.75, 3.05) is 19.6 Å². The van der Waals surface area contributed by atoms with Crippen LogP contribution in [0.4, 0.5) is 0 Å². The molecule has 1 aromatic carbocycles. The lowest BCUT2D eigenvalue weighted by atomic mass is 9.88. The Hall–Kier alpha value is -2.96. The van der Waals surface area contributed by atoms with Crippen molar-refractivity contribution < 1.29 is 13.9 Å². The summed E-state index contributed by atoms with van der Waals surface area (Å²) in [6.45, 7) is 3.62. The van der Waals surface area contributed by atoms with E-state index in [1.54, 1.807) is 6.26 Å². The van der Waals surface area contributed by atoms with Gasteiger partial charge in [-0.05, 0) is 67.6 Å². The van der Waals surface area contributed by atoms with Crippen LogP contribution in [0.2, 0.25) is 0 Å². The van der Waals surface area contributed by atoms with Crippen LogP contribution in [-0.2, 0) is 11.3 Å². The number of ether oxygens (including phenoxy) is 1. The van der Waals surface area contributed by atoms with Gasteiger partial charge in [-0.2, -0.15) is 0 Å². The first-order chi connectivity index (χ1) is 15.7. The number of piperidine rings is 1. The summed E-state index contributed by atoms with van der Waals surface area (Å²) in [6, 6.07) is 15.4. The molecule has 4 heterocycles. The van der Waals surface area contributed by atoms with E-state index >= 15 is 0 Å². The summed E-state index contributed by atoms with van der Waals surface area (Å²) in [4.78, 5) is 19.2. The Morgan fingerprint density at radius 3 is 2.56 bits per heavy atom. The summed E-state index contributed by atoms with van der Waals surface area (Å²) in [5, 5.41) is 3.05. The van der Waals surface area contributed by atoms with Gasteiger partial charge in [-0.15, -0.1) is 0 Å². The molecule has 2 fully saturated rings. The smallest absolute Gasteiger partial charge is 0.251 e. The SMILES string of the molecule is O=C(NCC1CCC2(CCN(Cc3ccncc3)CC2)O1)c1ccc(-c2ccco2)cc1. The highest BCUT2D eigenvalue weighted by Gasteiger charge is 2.42. The monoisotopic (exact) mass is 431 g/mol. The molecule has 0 aliphatic carbocycles. The zero-order valence-electron chi connectivity index (χ0n) is 18.2. The molecule has 6 nitrogen and oxygen atoms in total. The number of nitrogens with one attached hydrogen (secondary N) is 1. The Labute approximate surface area is 188 Å². The van der Waals surface area contributed by atoms with Gasteiger partial charge in [-0.25, -0.2) is 0 Å². The van der Waals surface area contributed by atoms with Gasteiger partial charge in [0.25, 0.3) is 5.91 Å². The van der Waals surface area contributed by atoms with E-state index in [1.807, 2.05) is 48.8 Å². The van der Waals surface area contributed by atoms with Crippen LogP contribution < -0.4 is 5.32 Å². The van der Waals surface area contributed by atoms with Gasteiger partial charge in [0.15, 0.2) is 0 Å². The number of amides is 1. The molecule has 1 amide bonds. The molecule has 1 spiro atoms. The Kier molecular flexibility index (Phi) is 6.06. The van der Waals surface area contributed by atoms with Crippen LogP contribution in [0.15, 0.2) is 71.6 Å². The molecule has 0 saturated carbocycles. The summed E-state index contributed by atoms with van der Waals surface area (Å²) in [6.07, 6.45) is 9.63. The number of nitrogens with zero attached hydrogens (tertiary/aromatic N) is 2. The molecular weight excluding hydrogens is 402 g/mol. The maximum Gasteiger partial charge on any atom is 0.251 e. The van der Waals surface area contributed by atoms with Crippen molar-refractivity contribution in [2.45, 2.75) is 43.9 Å². The summed E-state index contributed by atoms with van der Waals surface area (Å²) in [5.41, 5.74) is 2.90. The van der Waals surface area contributed by atoms with Crippen LogP contribution in [0.25, 0.3) is 11.3 Å². The quantitative estimate of drug-likeness (QED) is 0.631. The number of hydrogen-bond acceptors (Lipinski definition) is 5. The Morgan fingerprint density at radius 2 is 1.84 bits per heavy atom. The van der Waals surface area contributed by atoms with Crippen LogP contribution in [0.3, 0.4) is 0 Å². The van der Waals surface area contributed by atoms with Crippen molar-refractivity contribution in [3.8, 4) is 11.3 Å². The normalized spacial score (nSPS) is 20.4. The molecule has 6 heteroatoms. The van der Waals surface area contributed by atoms with E-state index in [-0.39, 0.29) is 17.6 Å². The van der Waals surface area contributed by atoms with E-state index in [1.165, 1.54) is 5.56 Å². The molecule has 32 heavy (non-hydrogen) atoms. The average molecular weight is 432 g/mol. The number of furan rings is 1. The lowest BCUT2D eigenvalue weighted by Gasteiger charge is -2.39. The molecule has 0 radical (unpaired) electrons. The molecular formula is C26H29N3O3.